The first-order valence-corrected chi connectivity index (χ1v) is 8.49. The van der Waals surface area contributed by atoms with Crippen molar-refractivity contribution < 1.29 is 24.2 Å². The summed E-state index contributed by atoms with van der Waals surface area (Å²) >= 11 is 6.06. The maximum absolute atomic E-state index is 12.4. The number of rotatable bonds is 9. The Balaban J connectivity index is 1.93. The molecule has 2 aromatic rings. The van der Waals surface area contributed by atoms with Gasteiger partial charge in [0.25, 0.3) is 5.91 Å². The predicted molar refractivity (Wildman–Crippen MR) is 97.6 cm³/mol. The van der Waals surface area contributed by atoms with Gasteiger partial charge in [0.2, 0.25) is 0 Å². The summed E-state index contributed by atoms with van der Waals surface area (Å²) in [6.07, 6.45) is -0.180. The molecule has 7 heteroatoms. The second-order valence-corrected chi connectivity index (χ2v) is 5.90. The van der Waals surface area contributed by atoms with Crippen molar-refractivity contribution in [3.05, 3.63) is 59.1 Å². The van der Waals surface area contributed by atoms with Crippen molar-refractivity contribution in [1.82, 2.24) is 5.32 Å². The number of para-hydroxylation sites is 1. The number of hydrogen-bond donors (Lipinski definition) is 2. The van der Waals surface area contributed by atoms with Crippen LogP contribution in [0.1, 0.15) is 18.9 Å². The molecule has 26 heavy (non-hydrogen) atoms. The van der Waals surface area contributed by atoms with Crippen LogP contribution in [0.2, 0.25) is 5.02 Å². The zero-order valence-electron chi connectivity index (χ0n) is 14.3. The third-order valence-corrected chi connectivity index (χ3v) is 3.81. The summed E-state index contributed by atoms with van der Waals surface area (Å²) < 4.78 is 10.8. The number of carbonyl (C=O) groups excluding carboxylic acids is 1. The molecule has 0 spiro atoms. The molecule has 1 unspecified atom stereocenters. The summed E-state index contributed by atoms with van der Waals surface area (Å²) in [5.41, 5.74) is 0.786. The predicted octanol–water partition coefficient (Wildman–Crippen LogP) is 3.28. The lowest BCUT2D eigenvalue weighted by Gasteiger charge is -2.18. The van der Waals surface area contributed by atoms with Crippen LogP contribution < -0.4 is 14.8 Å². The van der Waals surface area contributed by atoms with Crippen molar-refractivity contribution in [2.24, 2.45) is 0 Å². The van der Waals surface area contributed by atoms with Gasteiger partial charge in [-0.05, 0) is 36.2 Å². The van der Waals surface area contributed by atoms with Gasteiger partial charge in [0.05, 0.1) is 5.02 Å². The van der Waals surface area contributed by atoms with Crippen LogP contribution in [-0.2, 0) is 16.1 Å². The molecule has 0 aliphatic rings. The highest BCUT2D eigenvalue weighted by Gasteiger charge is 2.19. The number of carboxylic acid groups (broad SMARTS) is 1. The lowest BCUT2D eigenvalue weighted by atomic mass is 10.2. The number of aliphatic carboxylic acids is 1. The Morgan fingerprint density at radius 2 is 1.96 bits per heavy atom. The van der Waals surface area contributed by atoms with Crippen LogP contribution in [0.5, 0.6) is 11.5 Å². The Kier molecular flexibility index (Phi) is 7.29. The Bertz CT molecular complexity index is 765. The Hall–Kier alpha value is -2.73. The van der Waals surface area contributed by atoms with Crippen LogP contribution in [0.4, 0.5) is 0 Å². The van der Waals surface area contributed by atoms with E-state index in [1.54, 1.807) is 42.5 Å². The zero-order chi connectivity index (χ0) is 18.9. The number of ether oxygens (including phenoxy) is 2. The largest absolute Gasteiger partial charge is 0.482 e. The molecule has 1 amide bonds. The van der Waals surface area contributed by atoms with E-state index in [1.807, 2.05) is 13.0 Å². The Morgan fingerprint density at radius 3 is 2.65 bits per heavy atom. The maximum atomic E-state index is 12.4. The van der Waals surface area contributed by atoms with E-state index in [1.165, 1.54) is 0 Å². The molecule has 2 N–H and O–H groups in total. The molecule has 6 nitrogen and oxygen atoms in total. The second-order valence-electron chi connectivity index (χ2n) is 5.49. The van der Waals surface area contributed by atoms with E-state index in [-0.39, 0.29) is 12.5 Å². The first-order chi connectivity index (χ1) is 12.5. The highest BCUT2D eigenvalue weighted by atomic mass is 35.5. The number of nitrogens with one attached hydrogen (secondary N) is 1. The maximum Gasteiger partial charge on any atom is 0.341 e. The molecule has 2 rings (SSSR count). The molecule has 138 valence electrons. The molecule has 0 bridgehead atoms. The van der Waals surface area contributed by atoms with E-state index < -0.39 is 18.7 Å². The van der Waals surface area contributed by atoms with E-state index in [0.29, 0.717) is 22.9 Å². The van der Waals surface area contributed by atoms with Crippen LogP contribution in [0, 0.1) is 0 Å². The smallest absolute Gasteiger partial charge is 0.341 e. The molecule has 1 atom stereocenters. The third kappa shape index (κ3) is 5.97. The quantitative estimate of drug-likeness (QED) is 0.700. The van der Waals surface area contributed by atoms with E-state index in [0.717, 1.165) is 5.56 Å². The minimum atomic E-state index is -1.05. The van der Waals surface area contributed by atoms with Gasteiger partial charge >= 0.3 is 5.97 Å². The highest BCUT2D eigenvalue weighted by Crippen LogP contribution is 2.24. The number of carboxylic acids is 1. The highest BCUT2D eigenvalue weighted by molar-refractivity contribution is 6.32. The van der Waals surface area contributed by atoms with E-state index in [9.17, 15) is 9.59 Å². The van der Waals surface area contributed by atoms with Crippen LogP contribution in [0.15, 0.2) is 48.5 Å². The fourth-order valence-corrected chi connectivity index (χ4v) is 2.39. The summed E-state index contributed by atoms with van der Waals surface area (Å²) in [5.74, 6) is -0.422. The molecule has 0 aromatic heterocycles. The van der Waals surface area contributed by atoms with Gasteiger partial charge in [0, 0.05) is 6.54 Å². The average molecular weight is 378 g/mol. The molecular weight excluding hydrogens is 358 g/mol. The van der Waals surface area contributed by atoms with Gasteiger partial charge in [0.1, 0.15) is 11.5 Å². The van der Waals surface area contributed by atoms with E-state index in [4.69, 9.17) is 26.2 Å². The van der Waals surface area contributed by atoms with E-state index in [2.05, 4.69) is 5.32 Å². The van der Waals surface area contributed by atoms with Gasteiger partial charge in [-0.15, -0.1) is 0 Å². The molecule has 0 radical (unpaired) electrons. The molecule has 0 fully saturated rings. The van der Waals surface area contributed by atoms with Gasteiger partial charge in [-0.1, -0.05) is 42.8 Å². The fraction of sp³-hybridized carbons (Fsp3) is 0.263. The molecular formula is C19H20ClNO5. The first-order valence-electron chi connectivity index (χ1n) is 8.12. The number of halogens is 1. The monoisotopic (exact) mass is 377 g/mol. The van der Waals surface area contributed by atoms with Crippen molar-refractivity contribution >= 4 is 23.5 Å². The Labute approximate surface area is 156 Å². The SMILES string of the molecule is CCC(Oc1ccccc1Cl)C(=O)NCc1cccc(OCC(=O)O)c1. The molecule has 0 saturated carbocycles. The van der Waals surface area contributed by atoms with Crippen molar-refractivity contribution in [1.29, 1.82) is 0 Å². The lowest BCUT2D eigenvalue weighted by Crippen LogP contribution is -2.37. The molecule has 0 heterocycles. The van der Waals surface area contributed by atoms with Crippen molar-refractivity contribution in [3.8, 4) is 11.5 Å². The molecule has 0 aliphatic carbocycles. The third-order valence-electron chi connectivity index (χ3n) is 3.50. The van der Waals surface area contributed by atoms with Gasteiger partial charge in [-0.25, -0.2) is 4.79 Å². The summed E-state index contributed by atoms with van der Waals surface area (Å²) in [4.78, 5) is 22.9. The van der Waals surface area contributed by atoms with Gasteiger partial charge in [-0.2, -0.15) is 0 Å². The van der Waals surface area contributed by atoms with Crippen molar-refractivity contribution in [2.45, 2.75) is 26.0 Å². The molecule has 2 aromatic carbocycles. The molecule has 0 saturated heterocycles. The number of amides is 1. The summed E-state index contributed by atoms with van der Waals surface area (Å²) in [6, 6.07) is 13.9. The standard InChI is InChI=1S/C19H20ClNO5/c1-2-16(26-17-9-4-3-8-15(17)20)19(24)21-11-13-6-5-7-14(10-13)25-12-18(22)23/h3-10,16H,2,11-12H2,1H3,(H,21,24)(H,22,23). The lowest BCUT2D eigenvalue weighted by molar-refractivity contribution is -0.139. The average Bonchev–Trinajstić information content (AvgIpc) is 2.64. The number of hydrogen-bond acceptors (Lipinski definition) is 4. The van der Waals surface area contributed by atoms with Gasteiger partial charge in [0.15, 0.2) is 12.7 Å². The normalized spacial score (nSPS) is 11.5. The number of benzene rings is 2. The first kappa shape index (κ1) is 19.6. The minimum absolute atomic E-state index is 0.260. The van der Waals surface area contributed by atoms with Crippen LogP contribution in [0.3, 0.4) is 0 Å². The van der Waals surface area contributed by atoms with Crippen molar-refractivity contribution in [3.63, 3.8) is 0 Å². The van der Waals surface area contributed by atoms with Gasteiger partial charge in [-0.3, -0.25) is 4.79 Å². The summed E-state index contributed by atoms with van der Waals surface area (Å²) in [5, 5.41) is 11.9. The topological polar surface area (TPSA) is 84.9 Å². The van der Waals surface area contributed by atoms with Crippen molar-refractivity contribution in [2.75, 3.05) is 6.61 Å². The van der Waals surface area contributed by atoms with Crippen LogP contribution >= 0.6 is 11.6 Å². The van der Waals surface area contributed by atoms with Gasteiger partial charge < -0.3 is 19.9 Å². The summed E-state index contributed by atoms with van der Waals surface area (Å²) in [7, 11) is 0. The molecule has 0 aliphatic heterocycles. The van der Waals surface area contributed by atoms with E-state index >= 15 is 0 Å². The fourth-order valence-electron chi connectivity index (χ4n) is 2.21. The zero-order valence-corrected chi connectivity index (χ0v) is 15.0. The minimum Gasteiger partial charge on any atom is -0.482 e. The second kappa shape index (κ2) is 9.68. The Morgan fingerprint density at radius 1 is 1.19 bits per heavy atom. The van der Waals surface area contributed by atoms with Crippen LogP contribution in [-0.4, -0.2) is 29.7 Å². The number of carbonyl (C=O) groups is 2. The van der Waals surface area contributed by atoms with Crippen LogP contribution in [0.25, 0.3) is 0 Å². The summed E-state index contributed by atoms with van der Waals surface area (Å²) in [6.45, 7) is 1.70.